The highest BCUT2D eigenvalue weighted by Crippen LogP contribution is 2.32. The van der Waals surface area contributed by atoms with Gasteiger partial charge >= 0.3 is 5.97 Å². The van der Waals surface area contributed by atoms with Crippen molar-refractivity contribution in [3.8, 4) is 5.75 Å². The zero-order chi connectivity index (χ0) is 13.8. The number of ether oxygens (including phenoxy) is 2. The average Bonchev–Trinajstić information content (AvgIpc) is 2.42. The third-order valence-electron chi connectivity index (χ3n) is 3.53. The Labute approximate surface area is 122 Å². The molecule has 2 rings (SSSR count). The molecule has 0 amide bonds. The monoisotopic (exact) mass is 326 g/mol. The van der Waals surface area contributed by atoms with Crippen molar-refractivity contribution >= 4 is 21.9 Å². The van der Waals surface area contributed by atoms with E-state index in [2.05, 4.69) is 15.9 Å². The summed E-state index contributed by atoms with van der Waals surface area (Å²) >= 11 is 3.50. The maximum atomic E-state index is 11.7. The van der Waals surface area contributed by atoms with Crippen LogP contribution in [0.1, 0.15) is 48.0 Å². The van der Waals surface area contributed by atoms with Crippen LogP contribution in [0, 0.1) is 6.92 Å². The Morgan fingerprint density at radius 2 is 1.95 bits per heavy atom. The van der Waals surface area contributed by atoms with Gasteiger partial charge in [-0.2, -0.15) is 0 Å². The van der Waals surface area contributed by atoms with Crippen LogP contribution in [0.15, 0.2) is 16.6 Å². The van der Waals surface area contributed by atoms with Gasteiger partial charge in [0.15, 0.2) is 0 Å². The van der Waals surface area contributed by atoms with E-state index in [1.807, 2.05) is 13.0 Å². The topological polar surface area (TPSA) is 35.5 Å². The second kappa shape index (κ2) is 6.42. The van der Waals surface area contributed by atoms with E-state index in [1.54, 1.807) is 6.07 Å². The molecule has 1 aromatic carbocycles. The van der Waals surface area contributed by atoms with E-state index in [1.165, 1.54) is 26.4 Å². The van der Waals surface area contributed by atoms with E-state index in [4.69, 9.17) is 9.47 Å². The summed E-state index contributed by atoms with van der Waals surface area (Å²) in [5.74, 6) is 0.413. The number of esters is 1. The lowest BCUT2D eigenvalue weighted by molar-refractivity contribution is 0.0598. The third-order valence-corrected chi connectivity index (χ3v) is 4.15. The first-order valence-corrected chi connectivity index (χ1v) is 7.46. The zero-order valence-corrected chi connectivity index (χ0v) is 13.0. The summed E-state index contributed by atoms with van der Waals surface area (Å²) in [5, 5.41) is 0. The molecule has 1 aliphatic rings. The highest BCUT2D eigenvalue weighted by Gasteiger charge is 2.18. The number of carbonyl (C=O) groups excluding carboxylic acids is 1. The Bertz CT molecular complexity index is 465. The van der Waals surface area contributed by atoms with Crippen molar-refractivity contribution in [3.63, 3.8) is 0 Å². The first-order chi connectivity index (χ1) is 9.11. The number of hydrogen-bond donors (Lipinski definition) is 0. The molecule has 0 aromatic heterocycles. The molecular weight excluding hydrogens is 308 g/mol. The fourth-order valence-electron chi connectivity index (χ4n) is 2.44. The van der Waals surface area contributed by atoms with E-state index in [-0.39, 0.29) is 12.1 Å². The Balaban J connectivity index is 2.21. The van der Waals surface area contributed by atoms with E-state index >= 15 is 0 Å². The number of halogens is 1. The average molecular weight is 327 g/mol. The summed E-state index contributed by atoms with van der Waals surface area (Å²) in [5.41, 5.74) is 1.45. The third kappa shape index (κ3) is 3.50. The van der Waals surface area contributed by atoms with E-state index in [0.717, 1.165) is 28.6 Å². The largest absolute Gasteiger partial charge is 0.489 e. The van der Waals surface area contributed by atoms with Gasteiger partial charge in [0, 0.05) is 0 Å². The van der Waals surface area contributed by atoms with Crippen LogP contribution >= 0.6 is 15.9 Å². The first-order valence-electron chi connectivity index (χ1n) is 6.67. The minimum Gasteiger partial charge on any atom is -0.489 e. The molecule has 1 saturated carbocycles. The molecule has 1 aromatic rings. The van der Waals surface area contributed by atoms with Gasteiger partial charge in [0.05, 0.1) is 23.2 Å². The standard InChI is InChI=1S/C15H19BrO3/c1-10-8-13(16)14(9-12(10)15(17)18-2)19-11-6-4-3-5-7-11/h8-9,11H,3-7H2,1-2H3. The Morgan fingerprint density at radius 1 is 1.26 bits per heavy atom. The lowest BCUT2D eigenvalue weighted by Crippen LogP contribution is -2.20. The fourth-order valence-corrected chi connectivity index (χ4v) is 2.99. The molecule has 3 nitrogen and oxygen atoms in total. The first kappa shape index (κ1) is 14.4. The van der Waals surface area contributed by atoms with Gasteiger partial charge in [-0.05, 0) is 66.2 Å². The van der Waals surface area contributed by atoms with Crippen molar-refractivity contribution in [1.82, 2.24) is 0 Å². The lowest BCUT2D eigenvalue weighted by atomic mass is 9.98. The van der Waals surface area contributed by atoms with Crippen molar-refractivity contribution in [2.45, 2.75) is 45.1 Å². The summed E-state index contributed by atoms with van der Waals surface area (Å²) in [4.78, 5) is 11.7. The molecule has 0 N–H and O–H groups in total. The zero-order valence-electron chi connectivity index (χ0n) is 11.4. The fraction of sp³-hybridized carbons (Fsp3) is 0.533. The van der Waals surface area contributed by atoms with Gasteiger partial charge in [0.2, 0.25) is 0 Å². The van der Waals surface area contributed by atoms with Crippen LogP contribution in [-0.4, -0.2) is 19.2 Å². The van der Waals surface area contributed by atoms with Gasteiger partial charge < -0.3 is 9.47 Å². The molecule has 0 radical (unpaired) electrons. The molecule has 0 heterocycles. The number of benzene rings is 1. The Hall–Kier alpha value is -1.03. The van der Waals surface area contributed by atoms with Crippen LogP contribution in [0.25, 0.3) is 0 Å². The van der Waals surface area contributed by atoms with E-state index < -0.39 is 0 Å². The number of hydrogen-bond acceptors (Lipinski definition) is 3. The number of carbonyl (C=O) groups is 1. The van der Waals surface area contributed by atoms with E-state index in [9.17, 15) is 4.79 Å². The lowest BCUT2D eigenvalue weighted by Gasteiger charge is -2.24. The molecule has 104 valence electrons. The summed E-state index contributed by atoms with van der Waals surface area (Å²) < 4.78 is 11.7. The molecular formula is C15H19BrO3. The molecule has 0 aliphatic heterocycles. The minimum absolute atomic E-state index is 0.262. The normalized spacial score (nSPS) is 16.2. The molecule has 0 spiro atoms. The van der Waals surface area contributed by atoms with Crippen molar-refractivity contribution in [2.24, 2.45) is 0 Å². The van der Waals surface area contributed by atoms with Gasteiger partial charge in [-0.3, -0.25) is 0 Å². The Morgan fingerprint density at radius 3 is 2.58 bits per heavy atom. The number of aryl methyl sites for hydroxylation is 1. The summed E-state index contributed by atoms with van der Waals surface area (Å²) in [6, 6.07) is 3.68. The predicted molar refractivity (Wildman–Crippen MR) is 77.7 cm³/mol. The molecule has 0 unspecified atom stereocenters. The maximum Gasteiger partial charge on any atom is 0.338 e. The van der Waals surface area contributed by atoms with Crippen molar-refractivity contribution in [2.75, 3.05) is 7.11 Å². The highest BCUT2D eigenvalue weighted by atomic mass is 79.9. The van der Waals surface area contributed by atoms with Crippen LogP contribution < -0.4 is 4.74 Å². The van der Waals surface area contributed by atoms with Gasteiger partial charge in [-0.1, -0.05) is 6.42 Å². The van der Waals surface area contributed by atoms with Crippen LogP contribution in [0.5, 0.6) is 5.75 Å². The molecule has 1 fully saturated rings. The van der Waals surface area contributed by atoms with Crippen molar-refractivity contribution in [1.29, 1.82) is 0 Å². The SMILES string of the molecule is COC(=O)c1cc(OC2CCCCC2)c(Br)cc1C. The van der Waals surface area contributed by atoms with Crippen molar-refractivity contribution in [3.05, 3.63) is 27.7 Å². The Kier molecular flexibility index (Phi) is 4.86. The molecule has 1 aliphatic carbocycles. The second-order valence-corrected chi connectivity index (χ2v) is 5.82. The summed E-state index contributed by atoms with van der Waals surface area (Å²) in [7, 11) is 1.39. The molecule has 0 atom stereocenters. The second-order valence-electron chi connectivity index (χ2n) is 4.97. The van der Waals surface area contributed by atoms with Crippen molar-refractivity contribution < 1.29 is 14.3 Å². The van der Waals surface area contributed by atoms with Gasteiger partial charge in [0.25, 0.3) is 0 Å². The maximum absolute atomic E-state index is 11.7. The number of methoxy groups -OCH3 is 1. The van der Waals surface area contributed by atoms with Gasteiger partial charge in [0.1, 0.15) is 5.75 Å². The molecule has 19 heavy (non-hydrogen) atoms. The van der Waals surface area contributed by atoms with Crippen LogP contribution in [0.4, 0.5) is 0 Å². The minimum atomic E-state index is -0.321. The van der Waals surface area contributed by atoms with E-state index in [0.29, 0.717) is 5.56 Å². The number of rotatable bonds is 3. The summed E-state index contributed by atoms with van der Waals surface area (Å²) in [6.45, 7) is 1.89. The van der Waals surface area contributed by atoms with Crippen LogP contribution in [-0.2, 0) is 4.74 Å². The van der Waals surface area contributed by atoms with Gasteiger partial charge in [-0.15, -0.1) is 0 Å². The molecule has 0 bridgehead atoms. The van der Waals surface area contributed by atoms with Crippen LogP contribution in [0.2, 0.25) is 0 Å². The van der Waals surface area contributed by atoms with Gasteiger partial charge in [-0.25, -0.2) is 4.79 Å². The molecule has 0 saturated heterocycles. The highest BCUT2D eigenvalue weighted by molar-refractivity contribution is 9.10. The smallest absolute Gasteiger partial charge is 0.338 e. The molecule has 4 heteroatoms. The van der Waals surface area contributed by atoms with Crippen LogP contribution in [0.3, 0.4) is 0 Å². The summed E-state index contributed by atoms with van der Waals surface area (Å²) in [6.07, 6.45) is 6.18. The quantitative estimate of drug-likeness (QED) is 0.779. The predicted octanol–water partition coefficient (Wildman–Crippen LogP) is 4.26.